The van der Waals surface area contributed by atoms with Crippen LogP contribution in [0.5, 0.6) is 0 Å². The third-order valence-corrected chi connectivity index (χ3v) is 7.09. The molecule has 7 aromatic rings. The molecule has 0 fully saturated rings. The number of carbonyl (C=O) groups is 1. The molecule has 0 N–H and O–H groups in total. The van der Waals surface area contributed by atoms with E-state index in [1.165, 1.54) is 53.9 Å². The van der Waals surface area contributed by atoms with Crippen molar-refractivity contribution in [2.24, 2.45) is 0 Å². The van der Waals surface area contributed by atoms with E-state index < -0.39 is 0 Å². The highest BCUT2D eigenvalue weighted by atomic mass is 16.1. The fourth-order valence-corrected chi connectivity index (χ4v) is 5.32. The zero-order chi connectivity index (χ0) is 24.1. The van der Waals surface area contributed by atoms with Gasteiger partial charge in [0.2, 0.25) is 0 Å². The first kappa shape index (κ1) is 20.4. The maximum atomic E-state index is 10.9. The van der Waals surface area contributed by atoms with Crippen molar-refractivity contribution in [1.82, 2.24) is 0 Å². The maximum absolute atomic E-state index is 10.9. The van der Waals surface area contributed by atoms with Crippen LogP contribution in [0.2, 0.25) is 0 Å². The van der Waals surface area contributed by atoms with E-state index in [4.69, 9.17) is 0 Å². The molecule has 0 aliphatic heterocycles. The second-order valence-corrected chi connectivity index (χ2v) is 9.20. The van der Waals surface area contributed by atoms with Crippen molar-refractivity contribution >= 4 is 60.1 Å². The lowest BCUT2D eigenvalue weighted by Gasteiger charge is -2.13. The Morgan fingerprint density at radius 3 is 1.64 bits per heavy atom. The Hall–Kier alpha value is -4.93. The zero-order valence-corrected chi connectivity index (χ0v) is 19.5. The van der Waals surface area contributed by atoms with Crippen molar-refractivity contribution < 1.29 is 4.79 Å². The summed E-state index contributed by atoms with van der Waals surface area (Å²) in [5.74, 6) is 6.58. The second-order valence-electron chi connectivity index (χ2n) is 9.20. The van der Waals surface area contributed by atoms with Crippen LogP contribution in [0.4, 0.5) is 0 Å². The fraction of sp³-hybridized carbons (Fsp3) is 0. The molecule has 7 aromatic carbocycles. The molecule has 0 aromatic heterocycles. The molecule has 7 rings (SSSR count). The van der Waals surface area contributed by atoms with Gasteiger partial charge in [-0.25, -0.2) is 0 Å². The monoisotopic (exact) mass is 456 g/mol. The smallest absolute Gasteiger partial charge is 0.150 e. The summed E-state index contributed by atoms with van der Waals surface area (Å²) in [5.41, 5.74) is 2.52. The Balaban J connectivity index is 1.55. The summed E-state index contributed by atoms with van der Waals surface area (Å²) in [6, 6.07) is 40.3. The number of aldehydes is 1. The van der Waals surface area contributed by atoms with E-state index in [1.54, 1.807) is 12.1 Å². The SMILES string of the molecule is O=Cc1ccc(C#Cc2ccc3ccc4ccc5ccc6ccc7ccccc7c6c5c4c3c2)cc1. The Morgan fingerprint density at radius 1 is 0.444 bits per heavy atom. The van der Waals surface area contributed by atoms with E-state index >= 15 is 0 Å². The van der Waals surface area contributed by atoms with Crippen LogP contribution < -0.4 is 0 Å². The van der Waals surface area contributed by atoms with Gasteiger partial charge in [-0.15, -0.1) is 0 Å². The molecule has 166 valence electrons. The molecule has 1 nitrogen and oxygen atoms in total. The van der Waals surface area contributed by atoms with Crippen molar-refractivity contribution in [3.8, 4) is 11.8 Å². The van der Waals surface area contributed by atoms with Crippen molar-refractivity contribution in [3.63, 3.8) is 0 Å². The summed E-state index contributed by atoms with van der Waals surface area (Å²) in [6.45, 7) is 0. The molecule has 1 heteroatoms. The molecule has 0 amide bonds. The van der Waals surface area contributed by atoms with Gasteiger partial charge < -0.3 is 0 Å². The van der Waals surface area contributed by atoms with E-state index in [0.29, 0.717) is 5.56 Å². The van der Waals surface area contributed by atoms with Gasteiger partial charge >= 0.3 is 0 Å². The molecule has 0 radical (unpaired) electrons. The fourth-order valence-electron chi connectivity index (χ4n) is 5.32. The second kappa shape index (κ2) is 8.08. The number of benzene rings is 7. The summed E-state index contributed by atoms with van der Waals surface area (Å²) in [4.78, 5) is 10.9. The zero-order valence-electron chi connectivity index (χ0n) is 19.5. The first-order valence-electron chi connectivity index (χ1n) is 12.1. The molecule has 0 spiro atoms. The lowest BCUT2D eigenvalue weighted by molar-refractivity contribution is 0.112. The van der Waals surface area contributed by atoms with Gasteiger partial charge in [-0.2, -0.15) is 0 Å². The molecule has 0 bridgehead atoms. The van der Waals surface area contributed by atoms with Crippen LogP contribution in [0.1, 0.15) is 21.5 Å². The van der Waals surface area contributed by atoms with E-state index in [1.807, 2.05) is 12.1 Å². The minimum absolute atomic E-state index is 0.657. The predicted octanol–water partition coefficient (Wildman–Crippen LogP) is 8.66. The van der Waals surface area contributed by atoms with Gasteiger partial charge in [-0.05, 0) is 78.1 Å². The van der Waals surface area contributed by atoms with E-state index in [-0.39, 0.29) is 0 Å². The predicted molar refractivity (Wildman–Crippen MR) is 152 cm³/mol. The van der Waals surface area contributed by atoms with Gasteiger partial charge in [0.15, 0.2) is 0 Å². The summed E-state index contributed by atoms with van der Waals surface area (Å²) in [5, 5.41) is 12.5. The Labute approximate surface area is 208 Å². The number of rotatable bonds is 1. The largest absolute Gasteiger partial charge is 0.298 e. The van der Waals surface area contributed by atoms with Crippen LogP contribution in [0.3, 0.4) is 0 Å². The number of hydrogen-bond acceptors (Lipinski definition) is 1. The number of carbonyl (C=O) groups excluding carboxylic acids is 1. The molecule has 0 atom stereocenters. The Kier molecular flexibility index (Phi) is 4.59. The van der Waals surface area contributed by atoms with Crippen LogP contribution in [0.25, 0.3) is 53.9 Å². The lowest BCUT2D eigenvalue weighted by atomic mass is 9.90. The Bertz CT molecular complexity index is 2040. The average Bonchev–Trinajstić information content (AvgIpc) is 2.95. The molecular formula is C35H20O. The third kappa shape index (κ3) is 3.24. The number of fused-ring (bicyclic) bond motifs is 9. The molecule has 0 aliphatic carbocycles. The van der Waals surface area contributed by atoms with E-state index in [9.17, 15) is 4.79 Å². The highest BCUT2D eigenvalue weighted by Crippen LogP contribution is 2.39. The van der Waals surface area contributed by atoms with E-state index in [0.717, 1.165) is 17.4 Å². The molecule has 0 aliphatic rings. The highest BCUT2D eigenvalue weighted by Gasteiger charge is 2.11. The van der Waals surface area contributed by atoms with E-state index in [2.05, 4.69) is 103 Å². The van der Waals surface area contributed by atoms with Crippen LogP contribution in [-0.2, 0) is 0 Å². The van der Waals surface area contributed by atoms with Crippen molar-refractivity contribution in [2.45, 2.75) is 0 Å². The van der Waals surface area contributed by atoms with Crippen LogP contribution in [0, 0.1) is 11.8 Å². The van der Waals surface area contributed by atoms with Gasteiger partial charge in [0.05, 0.1) is 0 Å². The quantitative estimate of drug-likeness (QED) is 0.137. The first-order chi connectivity index (χ1) is 17.8. The Morgan fingerprint density at radius 2 is 0.944 bits per heavy atom. The van der Waals surface area contributed by atoms with Gasteiger partial charge in [0.25, 0.3) is 0 Å². The van der Waals surface area contributed by atoms with Crippen molar-refractivity contribution in [3.05, 3.63) is 132 Å². The summed E-state index contributed by atoms with van der Waals surface area (Å²) in [6.07, 6.45) is 0.850. The maximum Gasteiger partial charge on any atom is 0.150 e. The summed E-state index contributed by atoms with van der Waals surface area (Å²) >= 11 is 0. The molecule has 0 saturated carbocycles. The van der Waals surface area contributed by atoms with Crippen molar-refractivity contribution in [1.29, 1.82) is 0 Å². The minimum Gasteiger partial charge on any atom is -0.298 e. The summed E-state index contributed by atoms with van der Waals surface area (Å²) < 4.78 is 0. The first-order valence-corrected chi connectivity index (χ1v) is 12.1. The number of hydrogen-bond donors (Lipinski definition) is 0. The molecule has 0 heterocycles. The van der Waals surface area contributed by atoms with Gasteiger partial charge in [-0.3, -0.25) is 4.79 Å². The lowest BCUT2D eigenvalue weighted by Crippen LogP contribution is -1.86. The van der Waals surface area contributed by atoms with Crippen LogP contribution in [-0.4, -0.2) is 6.29 Å². The molecule has 0 unspecified atom stereocenters. The van der Waals surface area contributed by atoms with Gasteiger partial charge in [0.1, 0.15) is 6.29 Å². The van der Waals surface area contributed by atoms with Crippen molar-refractivity contribution in [2.75, 3.05) is 0 Å². The minimum atomic E-state index is 0.657. The van der Waals surface area contributed by atoms with Crippen LogP contribution in [0.15, 0.2) is 115 Å². The molecule has 0 saturated heterocycles. The highest BCUT2D eigenvalue weighted by molar-refractivity contribution is 6.32. The average molecular weight is 457 g/mol. The van der Waals surface area contributed by atoms with Crippen LogP contribution >= 0.6 is 0 Å². The normalized spacial score (nSPS) is 11.2. The summed E-state index contributed by atoms with van der Waals surface area (Å²) in [7, 11) is 0. The third-order valence-electron chi connectivity index (χ3n) is 7.09. The van der Waals surface area contributed by atoms with Gasteiger partial charge in [-0.1, -0.05) is 103 Å². The van der Waals surface area contributed by atoms with Gasteiger partial charge in [0, 0.05) is 16.7 Å². The molecule has 36 heavy (non-hydrogen) atoms. The topological polar surface area (TPSA) is 17.1 Å². The standard InChI is InChI=1S/C35H20O/c36-22-25-9-6-23(7-10-25)5-8-24-11-12-27-14-16-29-18-20-30-19-17-28-15-13-26-3-1-2-4-31(26)33(28)35(30)34(29)32(27)21-24/h1-4,6-7,9-22H. The molecular weight excluding hydrogens is 436 g/mol.